The second-order valence-corrected chi connectivity index (χ2v) is 7.06. The molecule has 0 amide bonds. The lowest BCUT2D eigenvalue weighted by molar-refractivity contribution is 0.429. The number of nitrogens with zero attached hydrogens (tertiary/aromatic N) is 5. The minimum atomic E-state index is 0.448. The molecule has 0 atom stereocenters. The minimum absolute atomic E-state index is 0.448. The van der Waals surface area contributed by atoms with E-state index >= 15 is 0 Å². The summed E-state index contributed by atoms with van der Waals surface area (Å²) in [5.74, 6) is 4.29. The molecule has 0 spiro atoms. The van der Waals surface area contributed by atoms with E-state index in [9.17, 15) is 0 Å². The van der Waals surface area contributed by atoms with Gasteiger partial charge in [-0.15, -0.1) is 5.10 Å². The summed E-state index contributed by atoms with van der Waals surface area (Å²) in [6, 6.07) is 11.7. The van der Waals surface area contributed by atoms with Gasteiger partial charge in [0.05, 0.1) is 0 Å². The van der Waals surface area contributed by atoms with Gasteiger partial charge in [0.2, 0.25) is 5.88 Å². The Morgan fingerprint density at radius 2 is 1.78 bits per heavy atom. The number of rotatable bonds is 6. The van der Waals surface area contributed by atoms with E-state index in [0.717, 1.165) is 30.5 Å². The fourth-order valence-electron chi connectivity index (χ4n) is 3.82. The van der Waals surface area contributed by atoms with Crippen LogP contribution in [0.25, 0.3) is 5.78 Å². The molecule has 27 heavy (non-hydrogen) atoms. The van der Waals surface area contributed by atoms with Gasteiger partial charge in [0, 0.05) is 25.1 Å². The van der Waals surface area contributed by atoms with Crippen molar-refractivity contribution in [2.45, 2.75) is 51.9 Å². The fraction of sp³-hybridized carbons (Fsp3) is 0.476. The molecule has 1 saturated carbocycles. The van der Waals surface area contributed by atoms with Gasteiger partial charge in [0.1, 0.15) is 11.6 Å². The standard InChI is InChI=1S/C21H27N5O/c1-3-25(4-2)19-15-18(27-17-13-9-6-10-14-17)22-21-23-20(24-26(19)21)16-11-7-5-8-12-16/h6,9-10,13-16H,3-5,7-8,11-12H2,1-2H3. The van der Waals surface area contributed by atoms with E-state index < -0.39 is 0 Å². The first kappa shape index (κ1) is 17.8. The number of hydrogen-bond acceptors (Lipinski definition) is 5. The zero-order valence-corrected chi connectivity index (χ0v) is 16.1. The summed E-state index contributed by atoms with van der Waals surface area (Å²) < 4.78 is 7.89. The second kappa shape index (κ2) is 7.94. The van der Waals surface area contributed by atoms with Crippen LogP contribution in [0.15, 0.2) is 36.4 Å². The molecule has 0 N–H and O–H groups in total. The molecule has 0 saturated heterocycles. The Bertz CT molecular complexity index is 882. The maximum absolute atomic E-state index is 6.00. The second-order valence-electron chi connectivity index (χ2n) is 7.06. The lowest BCUT2D eigenvalue weighted by Crippen LogP contribution is -2.25. The summed E-state index contributed by atoms with van der Waals surface area (Å²) in [5, 5.41) is 4.85. The molecule has 4 rings (SSSR count). The fourth-order valence-corrected chi connectivity index (χ4v) is 3.82. The monoisotopic (exact) mass is 365 g/mol. The number of fused-ring (bicyclic) bond motifs is 1. The van der Waals surface area contributed by atoms with E-state index in [1.807, 2.05) is 40.9 Å². The van der Waals surface area contributed by atoms with Gasteiger partial charge in [0.15, 0.2) is 5.82 Å². The molecule has 142 valence electrons. The quantitative estimate of drug-likeness (QED) is 0.627. The van der Waals surface area contributed by atoms with E-state index in [1.165, 1.54) is 32.1 Å². The highest BCUT2D eigenvalue weighted by Gasteiger charge is 2.22. The van der Waals surface area contributed by atoms with Gasteiger partial charge in [0.25, 0.3) is 5.78 Å². The Balaban J connectivity index is 1.76. The maximum Gasteiger partial charge on any atom is 0.257 e. The van der Waals surface area contributed by atoms with Crippen LogP contribution in [0, 0.1) is 0 Å². The normalized spacial score (nSPS) is 15.2. The van der Waals surface area contributed by atoms with Crippen LogP contribution in [0.1, 0.15) is 57.7 Å². The lowest BCUT2D eigenvalue weighted by Gasteiger charge is -2.21. The molecule has 1 aliphatic carbocycles. The minimum Gasteiger partial charge on any atom is -0.439 e. The van der Waals surface area contributed by atoms with E-state index in [-0.39, 0.29) is 0 Å². The van der Waals surface area contributed by atoms with Gasteiger partial charge >= 0.3 is 0 Å². The number of aromatic nitrogens is 4. The first-order valence-corrected chi connectivity index (χ1v) is 10.0. The SMILES string of the molecule is CCN(CC)c1cc(Oc2ccccc2)nc2nc(C3CCCCC3)nn12. The van der Waals surface area contributed by atoms with Crippen molar-refractivity contribution in [1.29, 1.82) is 0 Å². The highest BCUT2D eigenvalue weighted by Crippen LogP contribution is 2.32. The Labute approximate surface area is 160 Å². The molecule has 1 fully saturated rings. The summed E-state index contributed by atoms with van der Waals surface area (Å²) in [6.07, 6.45) is 6.19. The molecular weight excluding hydrogens is 338 g/mol. The van der Waals surface area contributed by atoms with Gasteiger partial charge < -0.3 is 9.64 Å². The average Bonchev–Trinajstić information content (AvgIpc) is 3.15. The first-order chi connectivity index (χ1) is 13.3. The van der Waals surface area contributed by atoms with Crippen LogP contribution in [-0.4, -0.2) is 32.7 Å². The molecule has 2 aromatic heterocycles. The zero-order valence-electron chi connectivity index (χ0n) is 16.1. The van der Waals surface area contributed by atoms with Crippen LogP contribution in [0.2, 0.25) is 0 Å². The molecule has 0 bridgehead atoms. The first-order valence-electron chi connectivity index (χ1n) is 10.0. The van der Waals surface area contributed by atoms with Crippen LogP contribution >= 0.6 is 0 Å². The van der Waals surface area contributed by atoms with Gasteiger partial charge in [-0.3, -0.25) is 0 Å². The molecule has 0 unspecified atom stereocenters. The third kappa shape index (κ3) is 3.75. The predicted octanol–water partition coefficient (Wildman–Crippen LogP) is 4.81. The number of ether oxygens (including phenoxy) is 1. The molecule has 0 aliphatic heterocycles. The third-order valence-corrected chi connectivity index (χ3v) is 5.31. The molecule has 2 heterocycles. The smallest absolute Gasteiger partial charge is 0.257 e. The van der Waals surface area contributed by atoms with Crippen molar-refractivity contribution in [3.05, 3.63) is 42.2 Å². The van der Waals surface area contributed by atoms with Crippen molar-refractivity contribution >= 4 is 11.6 Å². The summed E-state index contributed by atoms with van der Waals surface area (Å²) >= 11 is 0. The molecule has 0 radical (unpaired) electrons. The third-order valence-electron chi connectivity index (χ3n) is 5.31. The van der Waals surface area contributed by atoms with E-state index in [4.69, 9.17) is 14.8 Å². The molecule has 1 aromatic carbocycles. The number of hydrogen-bond donors (Lipinski definition) is 0. The van der Waals surface area contributed by atoms with Gasteiger partial charge in [-0.05, 0) is 38.8 Å². The predicted molar refractivity (Wildman–Crippen MR) is 107 cm³/mol. The van der Waals surface area contributed by atoms with Crippen LogP contribution < -0.4 is 9.64 Å². The number of para-hydroxylation sites is 1. The van der Waals surface area contributed by atoms with Crippen molar-refractivity contribution in [2.24, 2.45) is 0 Å². The molecule has 6 nitrogen and oxygen atoms in total. The number of anilines is 1. The zero-order chi connectivity index (χ0) is 18.6. The van der Waals surface area contributed by atoms with Crippen LogP contribution in [-0.2, 0) is 0 Å². The molecule has 1 aliphatic rings. The topological polar surface area (TPSA) is 55.5 Å². The summed E-state index contributed by atoms with van der Waals surface area (Å²) in [6.45, 7) is 6.07. The molecular formula is C21H27N5O. The van der Waals surface area contributed by atoms with Crippen molar-refractivity contribution in [1.82, 2.24) is 19.6 Å². The number of benzene rings is 1. The van der Waals surface area contributed by atoms with E-state index in [1.54, 1.807) is 0 Å². The van der Waals surface area contributed by atoms with Crippen molar-refractivity contribution in [3.8, 4) is 11.6 Å². The highest BCUT2D eigenvalue weighted by atomic mass is 16.5. The maximum atomic E-state index is 6.00. The molecule has 3 aromatic rings. The largest absolute Gasteiger partial charge is 0.439 e. The molecule has 6 heteroatoms. The van der Waals surface area contributed by atoms with Crippen molar-refractivity contribution in [3.63, 3.8) is 0 Å². The van der Waals surface area contributed by atoms with E-state index in [2.05, 4.69) is 23.7 Å². The summed E-state index contributed by atoms with van der Waals surface area (Å²) in [7, 11) is 0. The van der Waals surface area contributed by atoms with Gasteiger partial charge in [-0.1, -0.05) is 37.5 Å². The highest BCUT2D eigenvalue weighted by molar-refractivity contribution is 5.50. The Hall–Kier alpha value is -2.63. The summed E-state index contributed by atoms with van der Waals surface area (Å²) in [4.78, 5) is 11.7. The van der Waals surface area contributed by atoms with E-state index in [0.29, 0.717) is 17.6 Å². The Morgan fingerprint density at radius 1 is 1.04 bits per heavy atom. The Morgan fingerprint density at radius 3 is 2.48 bits per heavy atom. The van der Waals surface area contributed by atoms with Crippen LogP contribution in [0.4, 0.5) is 5.82 Å². The van der Waals surface area contributed by atoms with Crippen molar-refractivity contribution in [2.75, 3.05) is 18.0 Å². The average molecular weight is 365 g/mol. The van der Waals surface area contributed by atoms with Gasteiger partial charge in [-0.25, -0.2) is 0 Å². The summed E-state index contributed by atoms with van der Waals surface area (Å²) in [5.41, 5.74) is 0. The van der Waals surface area contributed by atoms with Gasteiger partial charge in [-0.2, -0.15) is 14.5 Å². The van der Waals surface area contributed by atoms with Crippen LogP contribution in [0.5, 0.6) is 11.6 Å². The van der Waals surface area contributed by atoms with Crippen LogP contribution in [0.3, 0.4) is 0 Å². The lowest BCUT2D eigenvalue weighted by atomic mass is 9.89. The van der Waals surface area contributed by atoms with Crippen molar-refractivity contribution < 1.29 is 4.74 Å². The Kier molecular flexibility index (Phi) is 5.23.